The minimum atomic E-state index is -0.127. The molecule has 0 aliphatic heterocycles. The third kappa shape index (κ3) is 4.50. The number of nitrogens with one attached hydrogen (secondary N) is 2. The molecule has 1 amide bonds. The number of para-hydroxylation sites is 1. The first-order chi connectivity index (χ1) is 10.1. The molecule has 2 aromatic rings. The molecule has 0 aromatic heterocycles. The molecule has 0 spiro atoms. The van der Waals surface area contributed by atoms with E-state index in [4.69, 9.17) is 11.6 Å². The van der Waals surface area contributed by atoms with Gasteiger partial charge in [0.1, 0.15) is 0 Å². The lowest BCUT2D eigenvalue weighted by Gasteiger charge is -2.11. The fraction of sp³-hybridized carbons (Fsp3) is 0.235. The molecule has 2 rings (SSSR count). The molecule has 3 nitrogen and oxygen atoms in total. The summed E-state index contributed by atoms with van der Waals surface area (Å²) in [6.45, 7) is 4.49. The van der Waals surface area contributed by atoms with E-state index in [0.29, 0.717) is 16.6 Å². The van der Waals surface area contributed by atoms with E-state index in [1.165, 1.54) is 5.56 Å². The standard InChI is InChI=1S/C17H19ClN2O/c1-12(2)13-6-5-7-14(10-13)19-11-17(21)20-16-9-4-3-8-15(16)18/h3-10,12,19H,11H2,1-2H3,(H,20,21). The molecule has 0 aliphatic rings. The molecule has 0 saturated heterocycles. The molecule has 4 heteroatoms. The van der Waals surface area contributed by atoms with E-state index in [9.17, 15) is 4.79 Å². The van der Waals surface area contributed by atoms with E-state index in [1.807, 2.05) is 24.3 Å². The summed E-state index contributed by atoms with van der Waals surface area (Å²) >= 11 is 6.01. The van der Waals surface area contributed by atoms with Gasteiger partial charge in [0.15, 0.2) is 0 Å². The first-order valence-corrected chi connectivity index (χ1v) is 7.32. The highest BCUT2D eigenvalue weighted by atomic mass is 35.5. The number of benzene rings is 2. The summed E-state index contributed by atoms with van der Waals surface area (Å²) in [4.78, 5) is 11.9. The van der Waals surface area contributed by atoms with Crippen molar-refractivity contribution in [2.24, 2.45) is 0 Å². The Kier molecular flexibility index (Phi) is 5.23. The Hall–Kier alpha value is -2.00. The maximum absolute atomic E-state index is 11.9. The second-order valence-electron chi connectivity index (χ2n) is 5.16. The van der Waals surface area contributed by atoms with Gasteiger partial charge in [0.05, 0.1) is 17.3 Å². The molecular formula is C17H19ClN2O. The number of carbonyl (C=O) groups excluding carboxylic acids is 1. The van der Waals surface area contributed by atoms with Crippen LogP contribution in [0.2, 0.25) is 5.02 Å². The van der Waals surface area contributed by atoms with Gasteiger partial charge >= 0.3 is 0 Å². The van der Waals surface area contributed by atoms with Crippen LogP contribution in [0.5, 0.6) is 0 Å². The van der Waals surface area contributed by atoms with Gasteiger partial charge in [-0.3, -0.25) is 4.79 Å². The van der Waals surface area contributed by atoms with Crippen molar-refractivity contribution >= 4 is 28.9 Å². The molecule has 0 atom stereocenters. The molecule has 21 heavy (non-hydrogen) atoms. The van der Waals surface area contributed by atoms with Crippen molar-refractivity contribution in [1.29, 1.82) is 0 Å². The molecule has 2 N–H and O–H groups in total. The van der Waals surface area contributed by atoms with Crippen molar-refractivity contribution in [2.45, 2.75) is 19.8 Å². The molecule has 0 heterocycles. The second kappa shape index (κ2) is 7.14. The second-order valence-corrected chi connectivity index (χ2v) is 5.57. The fourth-order valence-corrected chi connectivity index (χ4v) is 2.13. The van der Waals surface area contributed by atoms with Gasteiger partial charge < -0.3 is 10.6 Å². The largest absolute Gasteiger partial charge is 0.376 e. The zero-order valence-corrected chi connectivity index (χ0v) is 12.9. The Morgan fingerprint density at radius 3 is 2.62 bits per heavy atom. The van der Waals surface area contributed by atoms with Gasteiger partial charge in [0.2, 0.25) is 5.91 Å². The third-order valence-corrected chi connectivity index (χ3v) is 3.48. The summed E-state index contributed by atoms with van der Waals surface area (Å²) in [5.74, 6) is 0.335. The number of hydrogen-bond donors (Lipinski definition) is 2. The van der Waals surface area contributed by atoms with Crippen LogP contribution in [-0.4, -0.2) is 12.5 Å². The maximum Gasteiger partial charge on any atom is 0.243 e. The van der Waals surface area contributed by atoms with Gasteiger partial charge in [-0.2, -0.15) is 0 Å². The summed E-state index contributed by atoms with van der Waals surface area (Å²) in [5, 5.41) is 6.44. The summed E-state index contributed by atoms with van der Waals surface area (Å²) in [7, 11) is 0. The Labute approximate surface area is 130 Å². The van der Waals surface area contributed by atoms with Crippen LogP contribution in [0.3, 0.4) is 0 Å². The predicted molar refractivity (Wildman–Crippen MR) is 89.1 cm³/mol. The van der Waals surface area contributed by atoms with Crippen molar-refractivity contribution in [3.05, 3.63) is 59.1 Å². The van der Waals surface area contributed by atoms with Crippen molar-refractivity contribution in [1.82, 2.24) is 0 Å². The Morgan fingerprint density at radius 1 is 1.14 bits per heavy atom. The van der Waals surface area contributed by atoms with Crippen LogP contribution in [0.1, 0.15) is 25.3 Å². The average molecular weight is 303 g/mol. The van der Waals surface area contributed by atoms with Gasteiger partial charge in [0.25, 0.3) is 0 Å². The van der Waals surface area contributed by atoms with Gasteiger partial charge in [-0.05, 0) is 35.7 Å². The zero-order valence-electron chi connectivity index (χ0n) is 12.2. The third-order valence-electron chi connectivity index (χ3n) is 3.15. The maximum atomic E-state index is 11.9. The van der Waals surface area contributed by atoms with Gasteiger partial charge in [-0.1, -0.05) is 49.7 Å². The monoisotopic (exact) mass is 302 g/mol. The molecule has 0 unspecified atom stereocenters. The molecular weight excluding hydrogens is 284 g/mol. The highest BCUT2D eigenvalue weighted by Crippen LogP contribution is 2.21. The number of carbonyl (C=O) groups is 1. The van der Waals surface area contributed by atoms with Crippen molar-refractivity contribution in [3.63, 3.8) is 0 Å². The van der Waals surface area contributed by atoms with E-state index in [2.05, 4.69) is 36.6 Å². The predicted octanol–water partition coefficient (Wildman–Crippen LogP) is 4.51. The van der Waals surface area contributed by atoms with Crippen LogP contribution in [0.15, 0.2) is 48.5 Å². The van der Waals surface area contributed by atoms with Crippen LogP contribution in [0, 0.1) is 0 Å². The minimum Gasteiger partial charge on any atom is -0.376 e. The molecule has 0 fully saturated rings. The Bertz CT molecular complexity index is 626. The smallest absolute Gasteiger partial charge is 0.243 e. The van der Waals surface area contributed by atoms with Crippen LogP contribution >= 0.6 is 11.6 Å². The highest BCUT2D eigenvalue weighted by Gasteiger charge is 2.06. The van der Waals surface area contributed by atoms with Crippen LogP contribution in [0.4, 0.5) is 11.4 Å². The SMILES string of the molecule is CC(C)c1cccc(NCC(=O)Nc2ccccc2Cl)c1. The molecule has 0 saturated carbocycles. The minimum absolute atomic E-state index is 0.127. The van der Waals surface area contributed by atoms with Crippen LogP contribution < -0.4 is 10.6 Å². The van der Waals surface area contributed by atoms with E-state index in [0.717, 1.165) is 5.69 Å². The van der Waals surface area contributed by atoms with Crippen molar-refractivity contribution in [3.8, 4) is 0 Å². The Morgan fingerprint density at radius 2 is 1.90 bits per heavy atom. The van der Waals surface area contributed by atoms with E-state index in [-0.39, 0.29) is 12.5 Å². The summed E-state index contributed by atoms with van der Waals surface area (Å²) in [6, 6.07) is 15.3. The molecule has 2 aromatic carbocycles. The number of halogens is 1. The number of amides is 1. The first kappa shape index (κ1) is 15.4. The summed E-state index contributed by atoms with van der Waals surface area (Å²) in [6.07, 6.45) is 0. The van der Waals surface area contributed by atoms with Crippen molar-refractivity contribution < 1.29 is 4.79 Å². The molecule has 0 bridgehead atoms. The zero-order chi connectivity index (χ0) is 15.2. The van der Waals surface area contributed by atoms with E-state index in [1.54, 1.807) is 12.1 Å². The lowest BCUT2D eigenvalue weighted by molar-refractivity contribution is -0.114. The normalized spacial score (nSPS) is 10.5. The van der Waals surface area contributed by atoms with Crippen molar-refractivity contribution in [2.75, 3.05) is 17.2 Å². The average Bonchev–Trinajstić information content (AvgIpc) is 2.48. The molecule has 110 valence electrons. The quantitative estimate of drug-likeness (QED) is 0.853. The van der Waals surface area contributed by atoms with Gasteiger partial charge in [-0.25, -0.2) is 0 Å². The Balaban J connectivity index is 1.92. The molecule has 0 aliphatic carbocycles. The van der Waals surface area contributed by atoms with E-state index >= 15 is 0 Å². The lowest BCUT2D eigenvalue weighted by Crippen LogP contribution is -2.21. The first-order valence-electron chi connectivity index (χ1n) is 6.94. The number of hydrogen-bond acceptors (Lipinski definition) is 2. The topological polar surface area (TPSA) is 41.1 Å². The fourth-order valence-electron chi connectivity index (χ4n) is 1.95. The van der Waals surface area contributed by atoms with E-state index < -0.39 is 0 Å². The highest BCUT2D eigenvalue weighted by molar-refractivity contribution is 6.33. The number of anilines is 2. The van der Waals surface area contributed by atoms with Gasteiger partial charge in [0, 0.05) is 5.69 Å². The summed E-state index contributed by atoms with van der Waals surface area (Å²) in [5.41, 5.74) is 2.81. The van der Waals surface area contributed by atoms with Crippen LogP contribution in [-0.2, 0) is 4.79 Å². The number of rotatable bonds is 5. The molecule has 0 radical (unpaired) electrons. The summed E-state index contributed by atoms with van der Waals surface area (Å²) < 4.78 is 0. The van der Waals surface area contributed by atoms with Crippen LogP contribution in [0.25, 0.3) is 0 Å². The van der Waals surface area contributed by atoms with Gasteiger partial charge in [-0.15, -0.1) is 0 Å². The lowest BCUT2D eigenvalue weighted by atomic mass is 10.0.